The summed E-state index contributed by atoms with van der Waals surface area (Å²) >= 11 is 0. The quantitative estimate of drug-likeness (QED) is 0.253. The Balaban J connectivity index is 1.37. The molecule has 0 aliphatic carbocycles. The molecule has 0 saturated carbocycles. The first-order valence-corrected chi connectivity index (χ1v) is 12.5. The predicted molar refractivity (Wildman–Crippen MR) is 141 cm³/mol. The number of carbonyl (C=O) groups is 3. The van der Waals surface area contributed by atoms with Crippen LogP contribution in [0.5, 0.6) is 28.7 Å². The van der Waals surface area contributed by atoms with E-state index in [0.29, 0.717) is 27.8 Å². The molecule has 0 bridgehead atoms. The second-order valence-electron chi connectivity index (χ2n) is 9.60. The average molecular weight is 538 g/mol. The molecule has 2 aliphatic heterocycles. The summed E-state index contributed by atoms with van der Waals surface area (Å²) in [7, 11) is 0. The van der Waals surface area contributed by atoms with Crippen LogP contribution in [0.4, 0.5) is 0 Å². The molecule has 40 heavy (non-hydrogen) atoms. The van der Waals surface area contributed by atoms with E-state index in [1.165, 1.54) is 37.3 Å². The molecular weight excluding hydrogens is 514 g/mol. The summed E-state index contributed by atoms with van der Waals surface area (Å²) in [5.41, 5.74) is 1.48. The fraction of sp³-hybridized carbons (Fsp3) is 0.129. The van der Waals surface area contributed by atoms with Crippen LogP contribution in [-0.4, -0.2) is 34.1 Å². The van der Waals surface area contributed by atoms with Gasteiger partial charge in [0.25, 0.3) is 0 Å². The number of nitrogens with one attached hydrogen (secondary N) is 1. The van der Waals surface area contributed by atoms with Gasteiger partial charge in [0, 0.05) is 42.2 Å². The number of fused-ring (bicyclic) bond motifs is 6. The Morgan fingerprint density at radius 3 is 2.30 bits per heavy atom. The van der Waals surface area contributed by atoms with Crippen molar-refractivity contribution in [2.75, 3.05) is 0 Å². The summed E-state index contributed by atoms with van der Waals surface area (Å²) in [6, 6.07) is 21.7. The summed E-state index contributed by atoms with van der Waals surface area (Å²) in [5.74, 6) is -0.874. The van der Waals surface area contributed by atoms with Gasteiger partial charge < -0.3 is 29.7 Å². The van der Waals surface area contributed by atoms with Crippen molar-refractivity contribution >= 4 is 17.8 Å². The molecule has 1 amide bonds. The van der Waals surface area contributed by atoms with Gasteiger partial charge in [-0.15, -0.1) is 0 Å². The summed E-state index contributed by atoms with van der Waals surface area (Å²) < 4.78 is 17.8. The lowest BCUT2D eigenvalue weighted by atomic mass is 9.77. The number of esters is 2. The molecule has 2 heterocycles. The summed E-state index contributed by atoms with van der Waals surface area (Å²) in [6.07, 6.45) is 0.142. The lowest BCUT2D eigenvalue weighted by molar-refractivity contribution is -0.139. The van der Waals surface area contributed by atoms with E-state index >= 15 is 0 Å². The van der Waals surface area contributed by atoms with Crippen LogP contribution in [-0.2, 0) is 26.3 Å². The van der Waals surface area contributed by atoms with Crippen molar-refractivity contribution in [2.24, 2.45) is 0 Å². The fourth-order valence-corrected chi connectivity index (χ4v) is 5.20. The second-order valence-corrected chi connectivity index (χ2v) is 9.60. The molecule has 2 aliphatic rings. The molecule has 1 unspecified atom stereocenters. The molecule has 9 nitrogen and oxygen atoms in total. The number of hydrogen-bond acceptors (Lipinski definition) is 8. The Kier molecular flexibility index (Phi) is 5.91. The van der Waals surface area contributed by atoms with Crippen LogP contribution in [0, 0.1) is 0 Å². The second kappa shape index (κ2) is 9.46. The third kappa shape index (κ3) is 4.17. The van der Waals surface area contributed by atoms with Crippen LogP contribution in [0.3, 0.4) is 0 Å². The van der Waals surface area contributed by atoms with Crippen molar-refractivity contribution < 1.29 is 38.8 Å². The number of carbonyl (C=O) groups excluding carboxylic acids is 3. The lowest BCUT2D eigenvalue weighted by Gasteiger charge is -2.36. The van der Waals surface area contributed by atoms with Crippen molar-refractivity contribution in [3.8, 4) is 28.7 Å². The van der Waals surface area contributed by atoms with Crippen LogP contribution >= 0.6 is 0 Å². The molecule has 9 heteroatoms. The molecule has 0 radical (unpaired) electrons. The Morgan fingerprint density at radius 2 is 1.55 bits per heavy atom. The van der Waals surface area contributed by atoms with Crippen molar-refractivity contribution in [2.45, 2.75) is 25.0 Å². The number of rotatable bonds is 5. The van der Waals surface area contributed by atoms with Crippen molar-refractivity contribution in [3.05, 3.63) is 113 Å². The summed E-state index contributed by atoms with van der Waals surface area (Å²) in [6.45, 7) is 1.30. The zero-order valence-electron chi connectivity index (χ0n) is 21.2. The van der Waals surface area contributed by atoms with Crippen LogP contribution in [0.1, 0.15) is 39.5 Å². The standard InChI is InChI=1S/C31H23NO8/c1-17(33)32-26(14-18-6-8-19(34)9-7-18)30(37)38-21-11-13-25-28(16-21)39-27-15-20(35)10-12-24(27)31(25)23-5-3-2-4-22(23)29(36)40-31/h2-13,15-16,26,34-35H,14H2,1H3,(H,32,33)/t26-,31?/m0/s1. The van der Waals surface area contributed by atoms with Gasteiger partial charge in [-0.25, -0.2) is 9.59 Å². The van der Waals surface area contributed by atoms with Gasteiger partial charge in [0.15, 0.2) is 5.60 Å². The van der Waals surface area contributed by atoms with Gasteiger partial charge in [-0.1, -0.05) is 30.3 Å². The minimum Gasteiger partial charge on any atom is -0.508 e. The molecule has 0 aromatic heterocycles. The first-order chi connectivity index (χ1) is 19.2. The third-order valence-corrected chi connectivity index (χ3v) is 6.93. The van der Waals surface area contributed by atoms with Gasteiger partial charge in [0.05, 0.1) is 5.56 Å². The van der Waals surface area contributed by atoms with Gasteiger partial charge in [-0.2, -0.15) is 0 Å². The molecule has 2 atom stereocenters. The highest BCUT2D eigenvalue weighted by atomic mass is 16.6. The zero-order valence-corrected chi connectivity index (χ0v) is 21.2. The molecule has 6 rings (SSSR count). The predicted octanol–water partition coefficient (Wildman–Crippen LogP) is 4.32. The first-order valence-electron chi connectivity index (χ1n) is 12.5. The molecule has 0 saturated heterocycles. The highest BCUT2D eigenvalue weighted by molar-refractivity contribution is 5.97. The molecule has 1 spiro atoms. The van der Waals surface area contributed by atoms with Crippen molar-refractivity contribution in [1.29, 1.82) is 0 Å². The Bertz CT molecular complexity index is 1680. The number of ether oxygens (including phenoxy) is 3. The molecular formula is C31H23NO8. The molecule has 4 aromatic carbocycles. The van der Waals surface area contributed by atoms with Crippen LogP contribution < -0.4 is 14.8 Å². The van der Waals surface area contributed by atoms with E-state index in [9.17, 15) is 24.6 Å². The SMILES string of the molecule is CC(=O)N[C@@H](Cc1ccc(O)cc1)C(=O)Oc1ccc2c(c1)Oc1cc(O)ccc1C21OC(=O)c2ccccc21. The molecule has 0 fully saturated rings. The topological polar surface area (TPSA) is 131 Å². The van der Waals surface area contributed by atoms with Gasteiger partial charge >= 0.3 is 11.9 Å². The van der Waals surface area contributed by atoms with Gasteiger partial charge in [0.1, 0.15) is 34.8 Å². The van der Waals surface area contributed by atoms with E-state index in [1.807, 2.05) is 6.07 Å². The minimum absolute atomic E-state index is 0.0371. The van der Waals surface area contributed by atoms with E-state index in [0.717, 1.165) is 0 Å². The number of hydrogen-bond donors (Lipinski definition) is 3. The first kappa shape index (κ1) is 25.0. The lowest BCUT2D eigenvalue weighted by Crippen LogP contribution is -2.43. The van der Waals surface area contributed by atoms with Crippen molar-refractivity contribution in [3.63, 3.8) is 0 Å². The number of amides is 1. The van der Waals surface area contributed by atoms with Gasteiger partial charge in [-0.3, -0.25) is 4.79 Å². The van der Waals surface area contributed by atoms with Crippen LogP contribution in [0.15, 0.2) is 84.9 Å². The van der Waals surface area contributed by atoms with Crippen molar-refractivity contribution in [1.82, 2.24) is 5.32 Å². The monoisotopic (exact) mass is 537 g/mol. The molecule has 4 aromatic rings. The number of phenols is 2. The van der Waals surface area contributed by atoms with E-state index in [-0.39, 0.29) is 35.2 Å². The maximum Gasteiger partial charge on any atom is 0.340 e. The zero-order chi connectivity index (χ0) is 28.0. The maximum atomic E-state index is 13.2. The number of benzene rings is 4. The van der Waals surface area contributed by atoms with Crippen LogP contribution in [0.25, 0.3) is 0 Å². The highest BCUT2D eigenvalue weighted by Gasteiger charge is 2.53. The Morgan fingerprint density at radius 1 is 0.875 bits per heavy atom. The summed E-state index contributed by atoms with van der Waals surface area (Å²) in [5, 5.41) is 22.3. The summed E-state index contributed by atoms with van der Waals surface area (Å²) in [4.78, 5) is 37.9. The normalized spacial score (nSPS) is 17.1. The number of phenolic OH excluding ortho intramolecular Hbond substituents is 2. The third-order valence-electron chi connectivity index (χ3n) is 6.93. The number of aromatic hydroxyl groups is 2. The Labute approximate surface area is 228 Å². The Hall–Kier alpha value is -5.31. The average Bonchev–Trinajstić information content (AvgIpc) is 3.21. The highest BCUT2D eigenvalue weighted by Crippen LogP contribution is 2.56. The van der Waals surface area contributed by atoms with Crippen LogP contribution in [0.2, 0.25) is 0 Å². The van der Waals surface area contributed by atoms with E-state index in [4.69, 9.17) is 14.2 Å². The largest absolute Gasteiger partial charge is 0.508 e. The van der Waals surface area contributed by atoms with Gasteiger partial charge in [-0.05, 0) is 48.0 Å². The van der Waals surface area contributed by atoms with E-state index < -0.39 is 29.5 Å². The smallest absolute Gasteiger partial charge is 0.340 e. The van der Waals surface area contributed by atoms with E-state index in [2.05, 4.69) is 5.32 Å². The van der Waals surface area contributed by atoms with Gasteiger partial charge in [0.2, 0.25) is 5.91 Å². The minimum atomic E-state index is -1.33. The van der Waals surface area contributed by atoms with E-state index in [1.54, 1.807) is 48.5 Å². The molecule has 200 valence electrons. The maximum absolute atomic E-state index is 13.2. The fourth-order valence-electron chi connectivity index (χ4n) is 5.20. The molecule has 3 N–H and O–H groups in total.